The molecule has 1 aromatic heterocycles. The Balaban J connectivity index is 2.24. The molecule has 6 heteroatoms. The van der Waals surface area contributed by atoms with E-state index in [2.05, 4.69) is 16.0 Å². The van der Waals surface area contributed by atoms with E-state index < -0.39 is 0 Å². The lowest BCUT2D eigenvalue weighted by Crippen LogP contribution is -2.08. The maximum Gasteiger partial charge on any atom is 0.165 e. The number of phenolic OH excluding ortho intramolecular Hbond substituents is 1. The third-order valence-corrected chi connectivity index (χ3v) is 3.83. The third-order valence-electron chi connectivity index (χ3n) is 3.83. The molecule has 0 saturated heterocycles. The molecule has 2 aromatic carbocycles. The van der Waals surface area contributed by atoms with E-state index >= 15 is 0 Å². The number of nitriles is 1. The maximum atomic E-state index is 10.1. The van der Waals surface area contributed by atoms with Crippen molar-refractivity contribution < 1.29 is 5.11 Å². The molecule has 3 aromatic rings. The number of nitrogens with zero attached hydrogens (tertiary/aromatic N) is 4. The third kappa shape index (κ3) is 3.08. The van der Waals surface area contributed by atoms with Gasteiger partial charge < -0.3 is 15.7 Å². The Labute approximate surface area is 145 Å². The lowest BCUT2D eigenvalue weighted by atomic mass is 10.1. The monoisotopic (exact) mass is 331 g/mol. The fraction of sp³-hybridized carbons (Fsp3) is 0.105. The molecule has 6 nitrogen and oxygen atoms in total. The van der Waals surface area contributed by atoms with Crippen molar-refractivity contribution in [1.82, 2.24) is 9.97 Å². The second-order valence-corrected chi connectivity index (χ2v) is 5.73. The molecule has 3 N–H and O–H groups in total. The Morgan fingerprint density at radius 2 is 1.84 bits per heavy atom. The van der Waals surface area contributed by atoms with Gasteiger partial charge in [0.2, 0.25) is 0 Å². The molecule has 0 saturated carbocycles. The summed E-state index contributed by atoms with van der Waals surface area (Å²) in [4.78, 5) is 10.7. The molecule has 0 bridgehead atoms. The first kappa shape index (κ1) is 16.3. The first-order valence-electron chi connectivity index (χ1n) is 7.65. The van der Waals surface area contributed by atoms with Crippen LogP contribution >= 0.6 is 0 Å². The average Bonchev–Trinajstić information content (AvgIpc) is 2.61. The zero-order valence-electron chi connectivity index (χ0n) is 13.9. The minimum absolute atomic E-state index is 0.0552. The Morgan fingerprint density at radius 3 is 2.52 bits per heavy atom. The lowest BCUT2D eigenvalue weighted by molar-refractivity contribution is 0.477. The number of benzene rings is 2. The quantitative estimate of drug-likeness (QED) is 0.765. The van der Waals surface area contributed by atoms with Gasteiger partial charge in [-0.15, -0.1) is 0 Å². The molecule has 3 rings (SSSR count). The highest BCUT2D eigenvalue weighted by atomic mass is 16.3. The predicted octanol–water partition coefficient (Wildman–Crippen LogP) is 3.04. The molecule has 0 radical (unpaired) electrons. The first-order valence-corrected chi connectivity index (χ1v) is 7.65. The maximum absolute atomic E-state index is 10.1. The molecule has 124 valence electrons. The van der Waals surface area contributed by atoms with Crippen molar-refractivity contribution >= 4 is 11.5 Å². The van der Waals surface area contributed by atoms with Crippen LogP contribution < -0.4 is 10.6 Å². The predicted molar refractivity (Wildman–Crippen MR) is 98.0 cm³/mol. The van der Waals surface area contributed by atoms with E-state index in [1.165, 1.54) is 0 Å². The number of nitrogen functional groups attached to an aromatic ring is 1. The second-order valence-electron chi connectivity index (χ2n) is 5.73. The van der Waals surface area contributed by atoms with E-state index in [9.17, 15) is 10.4 Å². The average molecular weight is 331 g/mol. The van der Waals surface area contributed by atoms with Crippen molar-refractivity contribution in [3.63, 3.8) is 0 Å². The van der Waals surface area contributed by atoms with Crippen LogP contribution in [0.4, 0.5) is 11.5 Å². The van der Waals surface area contributed by atoms with Gasteiger partial charge in [0, 0.05) is 25.3 Å². The molecule has 0 unspecified atom stereocenters. The van der Waals surface area contributed by atoms with E-state index in [4.69, 9.17) is 5.73 Å². The fourth-order valence-corrected chi connectivity index (χ4v) is 2.51. The Bertz CT molecular complexity index is 976. The minimum atomic E-state index is 0.0552. The van der Waals surface area contributed by atoms with Gasteiger partial charge in [-0.2, -0.15) is 5.26 Å². The smallest absolute Gasteiger partial charge is 0.165 e. The molecule has 0 amide bonds. The van der Waals surface area contributed by atoms with Gasteiger partial charge in [-0.3, -0.25) is 0 Å². The number of phenols is 1. The SMILES string of the molecule is CN(C)c1cccc(-c2nc(-c3ccccc3O)nc(N)c2C#N)c1. The van der Waals surface area contributed by atoms with Gasteiger partial charge in [0.15, 0.2) is 5.82 Å². The van der Waals surface area contributed by atoms with Crippen molar-refractivity contribution in [2.45, 2.75) is 0 Å². The number of para-hydroxylation sites is 1. The molecule has 25 heavy (non-hydrogen) atoms. The van der Waals surface area contributed by atoms with Crippen molar-refractivity contribution in [2.75, 3.05) is 24.7 Å². The molecule has 0 aliphatic rings. The van der Waals surface area contributed by atoms with Gasteiger partial charge in [-0.25, -0.2) is 9.97 Å². The number of anilines is 2. The summed E-state index contributed by atoms with van der Waals surface area (Å²) in [6, 6.07) is 16.5. The number of hydrogen-bond donors (Lipinski definition) is 2. The number of aromatic nitrogens is 2. The van der Waals surface area contributed by atoms with Gasteiger partial charge in [-0.1, -0.05) is 24.3 Å². The number of aromatic hydroxyl groups is 1. The van der Waals surface area contributed by atoms with Crippen LogP contribution in [0.15, 0.2) is 48.5 Å². The first-order chi connectivity index (χ1) is 12.0. The topological polar surface area (TPSA) is 99.1 Å². The van der Waals surface area contributed by atoms with Crippen LogP contribution in [0.5, 0.6) is 5.75 Å². The Hall–Kier alpha value is -3.59. The standard InChI is InChI=1S/C19H17N5O/c1-24(2)13-7-5-6-12(10-13)17-15(11-20)18(21)23-19(22-17)14-8-3-4-9-16(14)25/h3-10,25H,1-2H3,(H2,21,22,23). The minimum Gasteiger partial charge on any atom is -0.507 e. The van der Waals surface area contributed by atoms with Crippen LogP contribution in [0, 0.1) is 11.3 Å². The molecule has 1 heterocycles. The number of hydrogen-bond acceptors (Lipinski definition) is 6. The molecule has 0 atom stereocenters. The second kappa shape index (κ2) is 6.49. The Kier molecular flexibility index (Phi) is 4.23. The van der Waals surface area contributed by atoms with Gasteiger partial charge >= 0.3 is 0 Å². The number of nitrogens with two attached hydrogens (primary N) is 1. The molecule has 0 fully saturated rings. The molecule has 0 aliphatic carbocycles. The van der Waals surface area contributed by atoms with Crippen LogP contribution in [0.1, 0.15) is 5.56 Å². The highest BCUT2D eigenvalue weighted by molar-refractivity contribution is 5.77. The molecular formula is C19H17N5O. The normalized spacial score (nSPS) is 10.3. The van der Waals surface area contributed by atoms with E-state index in [1.807, 2.05) is 43.3 Å². The molecule has 0 spiro atoms. The summed E-state index contributed by atoms with van der Waals surface area (Å²) < 4.78 is 0. The van der Waals surface area contributed by atoms with Gasteiger partial charge in [0.05, 0.1) is 11.3 Å². The van der Waals surface area contributed by atoms with E-state index in [1.54, 1.807) is 24.3 Å². The van der Waals surface area contributed by atoms with Crippen LogP contribution in [0.2, 0.25) is 0 Å². The largest absolute Gasteiger partial charge is 0.507 e. The van der Waals surface area contributed by atoms with Crippen LogP contribution in [0.3, 0.4) is 0 Å². The van der Waals surface area contributed by atoms with Gasteiger partial charge in [0.1, 0.15) is 23.2 Å². The highest BCUT2D eigenvalue weighted by Gasteiger charge is 2.17. The summed E-state index contributed by atoms with van der Waals surface area (Å²) in [5, 5.41) is 19.6. The zero-order valence-corrected chi connectivity index (χ0v) is 13.9. The number of rotatable bonds is 3. The van der Waals surface area contributed by atoms with Crippen molar-refractivity contribution in [3.05, 3.63) is 54.1 Å². The summed E-state index contributed by atoms with van der Waals surface area (Å²) in [5.74, 6) is 0.417. The van der Waals surface area contributed by atoms with E-state index in [-0.39, 0.29) is 23.0 Å². The van der Waals surface area contributed by atoms with Crippen molar-refractivity contribution in [3.8, 4) is 34.5 Å². The van der Waals surface area contributed by atoms with Gasteiger partial charge in [0.25, 0.3) is 0 Å². The van der Waals surface area contributed by atoms with E-state index in [0.29, 0.717) is 11.3 Å². The van der Waals surface area contributed by atoms with Crippen molar-refractivity contribution in [1.29, 1.82) is 5.26 Å². The summed E-state index contributed by atoms with van der Waals surface area (Å²) in [5.41, 5.74) is 8.84. The van der Waals surface area contributed by atoms with E-state index in [0.717, 1.165) is 11.3 Å². The summed E-state index contributed by atoms with van der Waals surface area (Å²) >= 11 is 0. The summed E-state index contributed by atoms with van der Waals surface area (Å²) in [7, 11) is 3.87. The summed E-state index contributed by atoms with van der Waals surface area (Å²) in [6.07, 6.45) is 0. The fourth-order valence-electron chi connectivity index (χ4n) is 2.51. The lowest BCUT2D eigenvalue weighted by Gasteiger charge is -2.15. The zero-order chi connectivity index (χ0) is 18.0. The van der Waals surface area contributed by atoms with Crippen LogP contribution in [-0.2, 0) is 0 Å². The van der Waals surface area contributed by atoms with Crippen molar-refractivity contribution in [2.24, 2.45) is 0 Å². The van der Waals surface area contributed by atoms with Crippen LogP contribution in [0.25, 0.3) is 22.6 Å². The van der Waals surface area contributed by atoms with Crippen LogP contribution in [-0.4, -0.2) is 29.2 Å². The highest BCUT2D eigenvalue weighted by Crippen LogP contribution is 2.32. The molecule has 0 aliphatic heterocycles. The Morgan fingerprint density at radius 1 is 1.08 bits per heavy atom. The molecular weight excluding hydrogens is 314 g/mol. The van der Waals surface area contributed by atoms with Gasteiger partial charge in [-0.05, 0) is 24.3 Å². The summed E-state index contributed by atoms with van der Waals surface area (Å²) in [6.45, 7) is 0.